The van der Waals surface area contributed by atoms with E-state index in [0.29, 0.717) is 0 Å². The maximum absolute atomic E-state index is 2.16. The van der Waals surface area contributed by atoms with Gasteiger partial charge in [-0.3, -0.25) is 0 Å². The van der Waals surface area contributed by atoms with E-state index < -0.39 is 0 Å². The highest BCUT2D eigenvalue weighted by Crippen LogP contribution is 2.09. The lowest BCUT2D eigenvalue weighted by Gasteiger charge is -2.00. The molecule has 0 N–H and O–H groups in total. The first kappa shape index (κ1) is 18.1. The summed E-state index contributed by atoms with van der Waals surface area (Å²) in [5, 5.41) is 0. The summed E-state index contributed by atoms with van der Waals surface area (Å²) < 4.78 is 0. The topological polar surface area (TPSA) is 0 Å². The van der Waals surface area contributed by atoms with Crippen LogP contribution in [0.25, 0.3) is 0 Å². The van der Waals surface area contributed by atoms with Crippen LogP contribution in [-0.2, 0) is 0 Å². The van der Waals surface area contributed by atoms with E-state index in [2.05, 4.69) is 39.0 Å². The lowest BCUT2D eigenvalue weighted by atomic mass is 10.1. The molecule has 0 aliphatic heterocycles. The minimum Gasteiger partial charge on any atom is -0.0776 e. The molecular formula is C13H26. The van der Waals surface area contributed by atoms with Crippen LogP contribution in [0.1, 0.15) is 45.4 Å². The molecule has 0 atom stereocenters. The number of rotatable bonds is 0. The van der Waals surface area contributed by atoms with Crippen LogP contribution in [0.3, 0.4) is 0 Å². The number of hydrogen-bond acceptors (Lipinski definition) is 0. The first-order valence-electron chi connectivity index (χ1n) is 4.24. The van der Waals surface area contributed by atoms with Gasteiger partial charge in [-0.1, -0.05) is 46.9 Å². The molecule has 0 heterocycles. The lowest BCUT2D eigenvalue weighted by Crippen LogP contribution is -1.82. The molecule has 0 fully saturated rings. The highest BCUT2D eigenvalue weighted by atomic mass is 14.0. The van der Waals surface area contributed by atoms with Gasteiger partial charge in [0.15, 0.2) is 0 Å². The summed E-state index contributed by atoms with van der Waals surface area (Å²) in [6.07, 6.45) is 0. The molecule has 0 amide bonds. The summed E-state index contributed by atoms with van der Waals surface area (Å²) in [6.45, 7) is 10.4. The van der Waals surface area contributed by atoms with Crippen molar-refractivity contribution in [3.63, 3.8) is 0 Å². The van der Waals surface area contributed by atoms with E-state index in [1.165, 1.54) is 16.7 Å². The molecule has 0 saturated carbocycles. The molecule has 0 heteroatoms. The van der Waals surface area contributed by atoms with Gasteiger partial charge < -0.3 is 0 Å². The summed E-state index contributed by atoms with van der Waals surface area (Å²) in [5.41, 5.74) is 4.18. The summed E-state index contributed by atoms with van der Waals surface area (Å²) in [5.74, 6) is 0. The molecule has 0 aliphatic carbocycles. The van der Waals surface area contributed by atoms with Gasteiger partial charge >= 0.3 is 0 Å². The molecule has 0 aromatic heterocycles. The number of hydrogen-bond donors (Lipinski definition) is 0. The molecule has 0 radical (unpaired) electrons. The Labute approximate surface area is 85.0 Å². The molecule has 0 nitrogen and oxygen atoms in total. The SMILES string of the molecule is C.C.CC.Cc1cccc(C)c1C. The first-order valence-corrected chi connectivity index (χ1v) is 4.24. The fourth-order valence-corrected chi connectivity index (χ4v) is 0.898. The predicted octanol–water partition coefficient (Wildman–Crippen LogP) is 4.91. The molecule has 0 unspecified atom stereocenters. The van der Waals surface area contributed by atoms with Crippen LogP contribution in [0.4, 0.5) is 0 Å². The minimum atomic E-state index is 0. The van der Waals surface area contributed by atoms with Crippen molar-refractivity contribution < 1.29 is 0 Å². The largest absolute Gasteiger partial charge is 0.0776 e. The molecular weight excluding hydrogens is 156 g/mol. The van der Waals surface area contributed by atoms with E-state index in [9.17, 15) is 0 Å². The molecule has 0 bridgehead atoms. The maximum Gasteiger partial charge on any atom is -0.0392 e. The lowest BCUT2D eigenvalue weighted by molar-refractivity contribution is 1.27. The molecule has 1 aromatic carbocycles. The van der Waals surface area contributed by atoms with Gasteiger partial charge in [0.05, 0.1) is 0 Å². The van der Waals surface area contributed by atoms with Crippen molar-refractivity contribution in [2.75, 3.05) is 0 Å². The zero-order valence-corrected chi connectivity index (χ0v) is 8.23. The van der Waals surface area contributed by atoms with Crippen LogP contribution in [0, 0.1) is 20.8 Å². The van der Waals surface area contributed by atoms with Crippen molar-refractivity contribution in [2.24, 2.45) is 0 Å². The molecule has 0 spiro atoms. The van der Waals surface area contributed by atoms with Crippen LogP contribution >= 0.6 is 0 Å². The molecule has 13 heavy (non-hydrogen) atoms. The van der Waals surface area contributed by atoms with Gasteiger partial charge in [-0.25, -0.2) is 0 Å². The van der Waals surface area contributed by atoms with Crippen molar-refractivity contribution in [1.29, 1.82) is 0 Å². The van der Waals surface area contributed by atoms with E-state index in [1.54, 1.807) is 0 Å². The van der Waals surface area contributed by atoms with E-state index in [-0.39, 0.29) is 14.9 Å². The molecule has 1 aromatic rings. The Bertz CT molecular complexity index is 191. The van der Waals surface area contributed by atoms with Crippen LogP contribution < -0.4 is 0 Å². The van der Waals surface area contributed by atoms with Gasteiger partial charge in [0.2, 0.25) is 0 Å². The van der Waals surface area contributed by atoms with Crippen LogP contribution in [0.5, 0.6) is 0 Å². The van der Waals surface area contributed by atoms with Crippen molar-refractivity contribution in [1.82, 2.24) is 0 Å². The summed E-state index contributed by atoms with van der Waals surface area (Å²) in [7, 11) is 0. The Hall–Kier alpha value is -0.780. The van der Waals surface area contributed by atoms with Gasteiger partial charge in [-0.2, -0.15) is 0 Å². The Balaban J connectivity index is -0.000000234. The average Bonchev–Trinajstić information content (AvgIpc) is 2.04. The summed E-state index contributed by atoms with van der Waals surface area (Å²) in [4.78, 5) is 0. The van der Waals surface area contributed by atoms with Crippen molar-refractivity contribution in [2.45, 2.75) is 49.5 Å². The molecule has 0 aliphatic rings. The standard InChI is InChI=1S/C9H12.C2H6.2CH4/c1-7-5-4-6-8(2)9(7)3;1-2;;/h4-6H,1-3H3;1-2H3;2*1H4. The Morgan fingerprint density at radius 3 is 1.31 bits per heavy atom. The Morgan fingerprint density at radius 1 is 0.769 bits per heavy atom. The van der Waals surface area contributed by atoms with Gasteiger partial charge in [0.25, 0.3) is 0 Å². The minimum absolute atomic E-state index is 0. The van der Waals surface area contributed by atoms with Crippen molar-refractivity contribution in [3.8, 4) is 0 Å². The fourth-order valence-electron chi connectivity index (χ4n) is 0.898. The third-order valence-corrected chi connectivity index (χ3v) is 1.88. The van der Waals surface area contributed by atoms with Gasteiger partial charge in [0.1, 0.15) is 0 Å². The Morgan fingerprint density at radius 2 is 1.08 bits per heavy atom. The Kier molecular flexibility index (Phi) is 13.0. The summed E-state index contributed by atoms with van der Waals surface area (Å²) in [6, 6.07) is 6.38. The van der Waals surface area contributed by atoms with Gasteiger partial charge in [0, 0.05) is 0 Å². The first-order chi connectivity index (χ1) is 5.22. The average molecular weight is 182 g/mol. The van der Waals surface area contributed by atoms with Crippen LogP contribution in [0.15, 0.2) is 18.2 Å². The number of benzene rings is 1. The van der Waals surface area contributed by atoms with Crippen LogP contribution in [-0.4, -0.2) is 0 Å². The second kappa shape index (κ2) is 9.31. The normalized spacial score (nSPS) is 7.15. The molecule has 0 saturated heterocycles. The van der Waals surface area contributed by atoms with Gasteiger partial charge in [-0.15, -0.1) is 0 Å². The fraction of sp³-hybridized carbons (Fsp3) is 0.538. The van der Waals surface area contributed by atoms with Gasteiger partial charge in [-0.05, 0) is 37.5 Å². The van der Waals surface area contributed by atoms with Crippen molar-refractivity contribution >= 4 is 0 Å². The highest BCUT2D eigenvalue weighted by Gasteiger charge is 1.91. The zero-order chi connectivity index (χ0) is 8.85. The summed E-state index contributed by atoms with van der Waals surface area (Å²) >= 11 is 0. The van der Waals surface area contributed by atoms with E-state index in [4.69, 9.17) is 0 Å². The zero-order valence-electron chi connectivity index (χ0n) is 8.23. The van der Waals surface area contributed by atoms with E-state index in [1.807, 2.05) is 13.8 Å². The third kappa shape index (κ3) is 5.46. The van der Waals surface area contributed by atoms with Crippen LogP contribution in [0.2, 0.25) is 0 Å². The number of aryl methyl sites for hydroxylation is 2. The highest BCUT2D eigenvalue weighted by molar-refractivity contribution is 5.31. The predicted molar refractivity (Wildman–Crippen MR) is 65.5 cm³/mol. The molecule has 1 rings (SSSR count). The third-order valence-electron chi connectivity index (χ3n) is 1.88. The maximum atomic E-state index is 2.16. The second-order valence-corrected chi connectivity index (χ2v) is 2.52. The van der Waals surface area contributed by atoms with Crippen molar-refractivity contribution in [3.05, 3.63) is 34.9 Å². The second-order valence-electron chi connectivity index (χ2n) is 2.52. The monoisotopic (exact) mass is 182 g/mol. The van der Waals surface area contributed by atoms with E-state index in [0.717, 1.165) is 0 Å². The quantitative estimate of drug-likeness (QED) is 0.535. The molecule has 78 valence electrons. The smallest absolute Gasteiger partial charge is 0.0392 e. The van der Waals surface area contributed by atoms with E-state index >= 15 is 0 Å².